The number of nitrogens with one attached hydrogen (secondary N) is 1. The minimum absolute atomic E-state index is 0.000764. The van der Waals surface area contributed by atoms with Gasteiger partial charge in [-0.05, 0) is 13.3 Å². The predicted octanol–water partition coefficient (Wildman–Crippen LogP) is 0.170. The summed E-state index contributed by atoms with van der Waals surface area (Å²) < 4.78 is 9.79. The molecule has 1 saturated heterocycles. The number of amides is 1. The lowest BCUT2D eigenvalue weighted by Gasteiger charge is -2.33. The van der Waals surface area contributed by atoms with Gasteiger partial charge in [-0.25, -0.2) is 0 Å². The number of esters is 1. The quantitative estimate of drug-likeness (QED) is 0.534. The number of aromatic nitrogens is 1. The van der Waals surface area contributed by atoms with Gasteiger partial charge in [0.1, 0.15) is 0 Å². The van der Waals surface area contributed by atoms with Crippen LogP contribution >= 0.6 is 0 Å². The number of nitrogens with zero attached hydrogens (tertiary/aromatic N) is 3. The SMILES string of the molecule is COC(=O)CCCNC(=O)CN1CCN(Cc2cc(C)no2)CC1. The highest BCUT2D eigenvalue weighted by atomic mass is 16.5. The molecule has 24 heavy (non-hydrogen) atoms. The largest absolute Gasteiger partial charge is 0.469 e. The molecule has 8 heteroatoms. The van der Waals surface area contributed by atoms with E-state index in [4.69, 9.17) is 4.52 Å². The van der Waals surface area contributed by atoms with Crippen molar-refractivity contribution < 1.29 is 18.8 Å². The van der Waals surface area contributed by atoms with Crippen molar-refractivity contribution in [1.29, 1.82) is 0 Å². The summed E-state index contributed by atoms with van der Waals surface area (Å²) in [6, 6.07) is 1.95. The first-order valence-electron chi connectivity index (χ1n) is 8.27. The molecule has 8 nitrogen and oxygen atoms in total. The Morgan fingerprint density at radius 1 is 1.29 bits per heavy atom. The number of methoxy groups -OCH3 is 1. The number of carbonyl (C=O) groups is 2. The third-order valence-electron chi connectivity index (χ3n) is 4.00. The van der Waals surface area contributed by atoms with Crippen molar-refractivity contribution in [3.05, 3.63) is 17.5 Å². The maximum absolute atomic E-state index is 11.9. The first kappa shape index (κ1) is 18.4. The first-order valence-corrected chi connectivity index (χ1v) is 8.27. The molecule has 1 aliphatic rings. The Labute approximate surface area is 142 Å². The van der Waals surface area contributed by atoms with Gasteiger partial charge in [-0.3, -0.25) is 19.4 Å². The highest BCUT2D eigenvalue weighted by molar-refractivity contribution is 5.78. The molecule has 134 valence electrons. The van der Waals surface area contributed by atoms with Crippen molar-refractivity contribution in [1.82, 2.24) is 20.3 Å². The summed E-state index contributed by atoms with van der Waals surface area (Å²) in [6.45, 7) is 7.06. The van der Waals surface area contributed by atoms with Crippen LogP contribution in [-0.4, -0.2) is 73.2 Å². The van der Waals surface area contributed by atoms with Crippen LogP contribution in [-0.2, 0) is 20.9 Å². The fraction of sp³-hybridized carbons (Fsp3) is 0.688. The van der Waals surface area contributed by atoms with Gasteiger partial charge in [0.05, 0.1) is 25.9 Å². The van der Waals surface area contributed by atoms with Crippen LogP contribution in [0.25, 0.3) is 0 Å². The van der Waals surface area contributed by atoms with E-state index in [9.17, 15) is 9.59 Å². The molecule has 1 N–H and O–H groups in total. The molecular formula is C16H26N4O4. The van der Waals surface area contributed by atoms with Crippen LogP contribution in [0.3, 0.4) is 0 Å². The maximum Gasteiger partial charge on any atom is 0.305 e. The van der Waals surface area contributed by atoms with Gasteiger partial charge in [-0.15, -0.1) is 0 Å². The molecule has 0 unspecified atom stereocenters. The number of piperazine rings is 1. The van der Waals surface area contributed by atoms with E-state index in [2.05, 4.69) is 25.0 Å². The van der Waals surface area contributed by atoms with Gasteiger partial charge >= 0.3 is 5.97 Å². The van der Waals surface area contributed by atoms with Crippen LogP contribution in [0.15, 0.2) is 10.6 Å². The zero-order valence-electron chi connectivity index (χ0n) is 14.4. The lowest BCUT2D eigenvalue weighted by Crippen LogP contribution is -2.49. The Hall–Kier alpha value is -1.93. The van der Waals surface area contributed by atoms with Crippen molar-refractivity contribution >= 4 is 11.9 Å². The molecular weight excluding hydrogens is 312 g/mol. The van der Waals surface area contributed by atoms with Gasteiger partial charge in [0.15, 0.2) is 5.76 Å². The summed E-state index contributed by atoms with van der Waals surface area (Å²) in [6.07, 6.45) is 0.930. The molecule has 0 saturated carbocycles. The number of ether oxygens (including phenoxy) is 1. The second kappa shape index (κ2) is 9.39. The fourth-order valence-corrected chi connectivity index (χ4v) is 2.64. The fourth-order valence-electron chi connectivity index (χ4n) is 2.64. The smallest absolute Gasteiger partial charge is 0.305 e. The minimum atomic E-state index is -0.248. The molecule has 1 aliphatic heterocycles. The molecule has 1 fully saturated rings. The molecule has 1 aromatic rings. The van der Waals surface area contributed by atoms with Gasteiger partial charge in [0.25, 0.3) is 0 Å². The minimum Gasteiger partial charge on any atom is -0.469 e. The summed E-state index contributed by atoms with van der Waals surface area (Å²) in [5.74, 6) is 0.630. The van der Waals surface area contributed by atoms with E-state index in [-0.39, 0.29) is 11.9 Å². The van der Waals surface area contributed by atoms with Crippen LogP contribution in [0.2, 0.25) is 0 Å². The molecule has 1 amide bonds. The average molecular weight is 338 g/mol. The van der Waals surface area contributed by atoms with Crippen molar-refractivity contribution in [2.75, 3.05) is 46.4 Å². The van der Waals surface area contributed by atoms with Crippen molar-refractivity contribution in [2.24, 2.45) is 0 Å². The van der Waals surface area contributed by atoms with E-state index < -0.39 is 0 Å². The number of rotatable bonds is 8. The third kappa shape index (κ3) is 6.29. The zero-order valence-corrected chi connectivity index (χ0v) is 14.4. The summed E-state index contributed by atoms with van der Waals surface area (Å²) in [5, 5.41) is 6.73. The van der Waals surface area contributed by atoms with Crippen LogP contribution < -0.4 is 5.32 Å². The molecule has 0 spiro atoms. The monoisotopic (exact) mass is 338 g/mol. The van der Waals surface area contributed by atoms with Crippen LogP contribution in [0.5, 0.6) is 0 Å². The summed E-state index contributed by atoms with van der Waals surface area (Å²) in [4.78, 5) is 27.3. The molecule has 2 heterocycles. The van der Waals surface area contributed by atoms with Gasteiger partial charge in [-0.1, -0.05) is 5.16 Å². The summed E-state index contributed by atoms with van der Waals surface area (Å²) in [5.41, 5.74) is 0.896. The Bertz CT molecular complexity index is 538. The number of hydrogen-bond donors (Lipinski definition) is 1. The number of carbonyl (C=O) groups excluding carboxylic acids is 2. The van der Waals surface area contributed by atoms with Crippen molar-refractivity contribution in [3.8, 4) is 0 Å². The third-order valence-corrected chi connectivity index (χ3v) is 4.00. The predicted molar refractivity (Wildman–Crippen MR) is 87.2 cm³/mol. The van der Waals surface area contributed by atoms with E-state index in [1.54, 1.807) is 0 Å². The molecule has 0 radical (unpaired) electrons. The Balaban J connectivity index is 1.58. The molecule has 0 atom stereocenters. The van der Waals surface area contributed by atoms with Crippen LogP contribution in [0.1, 0.15) is 24.3 Å². The second-order valence-corrected chi connectivity index (χ2v) is 6.02. The molecule has 0 bridgehead atoms. The Morgan fingerprint density at radius 3 is 2.62 bits per heavy atom. The van der Waals surface area contributed by atoms with E-state index in [1.807, 2.05) is 13.0 Å². The van der Waals surface area contributed by atoms with E-state index in [0.717, 1.165) is 44.2 Å². The van der Waals surface area contributed by atoms with Crippen LogP contribution in [0, 0.1) is 6.92 Å². The summed E-state index contributed by atoms with van der Waals surface area (Å²) in [7, 11) is 1.37. The lowest BCUT2D eigenvalue weighted by molar-refractivity contribution is -0.140. The molecule has 2 rings (SSSR count). The standard InChI is InChI=1S/C16H26N4O4/c1-13-10-14(24-18-13)11-19-6-8-20(9-7-19)12-15(21)17-5-3-4-16(22)23-2/h10H,3-9,11-12H2,1-2H3,(H,17,21). The lowest BCUT2D eigenvalue weighted by atomic mass is 10.2. The first-order chi connectivity index (χ1) is 11.6. The van der Waals surface area contributed by atoms with Crippen molar-refractivity contribution in [2.45, 2.75) is 26.3 Å². The van der Waals surface area contributed by atoms with Gasteiger partial charge < -0.3 is 14.6 Å². The van der Waals surface area contributed by atoms with E-state index in [0.29, 0.717) is 25.9 Å². The topological polar surface area (TPSA) is 87.9 Å². The van der Waals surface area contributed by atoms with Gasteiger partial charge in [-0.2, -0.15) is 0 Å². The summed E-state index contributed by atoms with van der Waals surface area (Å²) >= 11 is 0. The Kier molecular flexibility index (Phi) is 7.20. The molecule has 0 aliphatic carbocycles. The van der Waals surface area contributed by atoms with Crippen LogP contribution in [0.4, 0.5) is 0 Å². The number of hydrogen-bond acceptors (Lipinski definition) is 7. The second-order valence-electron chi connectivity index (χ2n) is 6.02. The van der Waals surface area contributed by atoms with Crippen molar-refractivity contribution in [3.63, 3.8) is 0 Å². The Morgan fingerprint density at radius 2 is 2.00 bits per heavy atom. The van der Waals surface area contributed by atoms with E-state index >= 15 is 0 Å². The van der Waals surface area contributed by atoms with E-state index in [1.165, 1.54) is 7.11 Å². The molecule has 0 aromatic carbocycles. The maximum atomic E-state index is 11.9. The zero-order chi connectivity index (χ0) is 17.4. The average Bonchev–Trinajstić information content (AvgIpc) is 2.98. The van der Waals surface area contributed by atoms with Gasteiger partial charge in [0, 0.05) is 45.2 Å². The normalized spacial score (nSPS) is 16.1. The van der Waals surface area contributed by atoms with Gasteiger partial charge in [0.2, 0.25) is 5.91 Å². The highest BCUT2D eigenvalue weighted by Crippen LogP contribution is 2.09. The molecule has 1 aromatic heterocycles. The number of aryl methyl sites for hydroxylation is 1. The highest BCUT2D eigenvalue weighted by Gasteiger charge is 2.19.